The van der Waals surface area contributed by atoms with Crippen molar-refractivity contribution in [1.29, 1.82) is 10.5 Å². The quantitative estimate of drug-likeness (QED) is 0.195. The van der Waals surface area contributed by atoms with Gasteiger partial charge in [-0.05, 0) is 88.2 Å². The highest BCUT2D eigenvalue weighted by Gasteiger charge is 2.08. The summed E-state index contributed by atoms with van der Waals surface area (Å²) in [4.78, 5) is 0. The highest BCUT2D eigenvalue weighted by atomic mass is 19.1. The molecule has 0 N–H and O–H groups in total. The lowest BCUT2D eigenvalue weighted by Crippen LogP contribution is -1.88. The number of aryl methyl sites for hydroxylation is 2. The first kappa shape index (κ1) is 30.7. The summed E-state index contributed by atoms with van der Waals surface area (Å²) in [5.74, 6) is -0.236. The van der Waals surface area contributed by atoms with Gasteiger partial charge in [0.2, 0.25) is 0 Å². The van der Waals surface area contributed by atoms with Crippen molar-refractivity contribution < 1.29 is 4.39 Å². The second kappa shape index (κ2) is 14.6. The first-order valence-corrected chi connectivity index (χ1v) is 15.0. The lowest BCUT2D eigenvalue weighted by Gasteiger charge is -2.08. The van der Waals surface area contributed by atoms with E-state index in [1.54, 1.807) is 18.2 Å². The van der Waals surface area contributed by atoms with Gasteiger partial charge < -0.3 is 0 Å². The van der Waals surface area contributed by atoms with Crippen LogP contribution in [-0.4, -0.2) is 0 Å². The van der Waals surface area contributed by atoms with Gasteiger partial charge in [0.1, 0.15) is 5.82 Å². The molecule has 0 bridgehead atoms. The predicted molar refractivity (Wildman–Crippen MR) is 183 cm³/mol. The number of halogens is 1. The highest BCUT2D eigenvalue weighted by Crippen LogP contribution is 2.29. The third-order valence-corrected chi connectivity index (χ3v) is 7.74. The number of benzene rings is 6. The van der Waals surface area contributed by atoms with E-state index < -0.39 is 0 Å². The van der Waals surface area contributed by atoms with E-state index in [1.165, 1.54) is 22.3 Å². The third kappa shape index (κ3) is 7.80. The SMILES string of the molecule is CCCc1ccc(-c2ccc(-c3ccc(C#N)cc3)cc2F)cc1.Cc1ccc(-c2ccc(-c3ccc(C#N)cc3)cc2)cc1. The summed E-state index contributed by atoms with van der Waals surface area (Å²) >= 11 is 0. The van der Waals surface area contributed by atoms with Gasteiger partial charge in [-0.15, -0.1) is 0 Å². The van der Waals surface area contributed by atoms with E-state index in [4.69, 9.17) is 10.5 Å². The van der Waals surface area contributed by atoms with Gasteiger partial charge >= 0.3 is 0 Å². The van der Waals surface area contributed by atoms with Crippen LogP contribution in [0.1, 0.15) is 35.6 Å². The Morgan fingerprint density at radius 1 is 0.489 bits per heavy atom. The molecule has 0 atom stereocenters. The Balaban J connectivity index is 0.000000179. The molecular weight excluding hydrogens is 551 g/mol. The van der Waals surface area contributed by atoms with Crippen molar-refractivity contribution in [2.45, 2.75) is 26.7 Å². The van der Waals surface area contributed by atoms with E-state index in [-0.39, 0.29) is 5.82 Å². The molecular formula is C42H33FN2. The predicted octanol–water partition coefficient (Wildman–Crippen LogP) is 11.2. The first-order chi connectivity index (χ1) is 22.0. The molecule has 0 fully saturated rings. The summed E-state index contributed by atoms with van der Waals surface area (Å²) in [6.45, 7) is 4.24. The molecule has 0 saturated carbocycles. The van der Waals surface area contributed by atoms with Crippen molar-refractivity contribution >= 4 is 0 Å². The van der Waals surface area contributed by atoms with Crippen LogP contribution >= 0.6 is 0 Å². The van der Waals surface area contributed by atoms with Gasteiger partial charge in [-0.1, -0.05) is 128 Å². The van der Waals surface area contributed by atoms with E-state index in [9.17, 15) is 4.39 Å². The van der Waals surface area contributed by atoms with Gasteiger partial charge in [-0.3, -0.25) is 0 Å². The average molecular weight is 585 g/mol. The van der Waals surface area contributed by atoms with E-state index >= 15 is 0 Å². The van der Waals surface area contributed by atoms with Crippen molar-refractivity contribution in [3.63, 3.8) is 0 Å². The molecule has 0 radical (unpaired) electrons. The lowest BCUT2D eigenvalue weighted by molar-refractivity contribution is 0.632. The van der Waals surface area contributed by atoms with Gasteiger partial charge in [0.05, 0.1) is 23.3 Å². The van der Waals surface area contributed by atoms with Crippen LogP contribution < -0.4 is 0 Å². The largest absolute Gasteiger partial charge is 0.206 e. The van der Waals surface area contributed by atoms with Crippen molar-refractivity contribution in [1.82, 2.24) is 0 Å². The number of nitriles is 2. The monoisotopic (exact) mass is 584 g/mol. The molecule has 6 rings (SSSR count). The Morgan fingerprint density at radius 3 is 1.29 bits per heavy atom. The topological polar surface area (TPSA) is 47.6 Å². The minimum Gasteiger partial charge on any atom is -0.206 e. The molecule has 0 aromatic heterocycles. The molecule has 45 heavy (non-hydrogen) atoms. The van der Waals surface area contributed by atoms with Crippen molar-refractivity contribution in [3.8, 4) is 56.6 Å². The van der Waals surface area contributed by atoms with Gasteiger partial charge in [0.25, 0.3) is 0 Å². The third-order valence-electron chi connectivity index (χ3n) is 7.74. The van der Waals surface area contributed by atoms with Crippen molar-refractivity contribution in [3.05, 3.63) is 168 Å². The van der Waals surface area contributed by atoms with Crippen molar-refractivity contribution in [2.75, 3.05) is 0 Å². The second-order valence-electron chi connectivity index (χ2n) is 11.0. The molecule has 0 heterocycles. The molecule has 0 amide bonds. The molecule has 0 aliphatic rings. The van der Waals surface area contributed by atoms with E-state index in [0.29, 0.717) is 16.7 Å². The molecule has 2 nitrogen and oxygen atoms in total. The summed E-state index contributed by atoms with van der Waals surface area (Å²) in [7, 11) is 0. The summed E-state index contributed by atoms with van der Waals surface area (Å²) in [6, 6.07) is 49.5. The molecule has 0 saturated heterocycles. The maximum Gasteiger partial charge on any atom is 0.131 e. The molecule has 3 heteroatoms. The molecule has 0 aliphatic heterocycles. The Kier molecular flexibility index (Phi) is 9.96. The van der Waals surface area contributed by atoms with Crippen LogP contribution in [0, 0.1) is 35.4 Å². The minimum absolute atomic E-state index is 0.236. The van der Waals surface area contributed by atoms with Crippen LogP contribution in [0.5, 0.6) is 0 Å². The van der Waals surface area contributed by atoms with Gasteiger partial charge in [-0.2, -0.15) is 10.5 Å². The van der Waals surface area contributed by atoms with Crippen LogP contribution in [0.4, 0.5) is 4.39 Å². The van der Waals surface area contributed by atoms with Crippen molar-refractivity contribution in [2.24, 2.45) is 0 Å². The lowest BCUT2D eigenvalue weighted by atomic mass is 9.98. The number of hydrogen-bond donors (Lipinski definition) is 0. The molecule has 6 aromatic carbocycles. The van der Waals surface area contributed by atoms with Crippen LogP contribution in [0.25, 0.3) is 44.5 Å². The van der Waals surface area contributed by atoms with Crippen LogP contribution in [-0.2, 0) is 6.42 Å². The van der Waals surface area contributed by atoms with Gasteiger partial charge in [0.15, 0.2) is 0 Å². The molecule has 0 unspecified atom stereocenters. The zero-order valence-corrected chi connectivity index (χ0v) is 25.5. The fourth-order valence-electron chi connectivity index (χ4n) is 5.14. The summed E-state index contributed by atoms with van der Waals surface area (Å²) in [5, 5.41) is 17.7. The number of rotatable bonds is 6. The fraction of sp³-hybridized carbons (Fsp3) is 0.0952. The van der Waals surface area contributed by atoms with E-state index in [1.807, 2.05) is 60.7 Å². The Hall–Kier alpha value is -5.77. The van der Waals surface area contributed by atoms with Gasteiger partial charge in [0, 0.05) is 5.56 Å². The van der Waals surface area contributed by atoms with Gasteiger partial charge in [-0.25, -0.2) is 4.39 Å². The van der Waals surface area contributed by atoms with Crippen LogP contribution in [0.2, 0.25) is 0 Å². The van der Waals surface area contributed by atoms with Crippen LogP contribution in [0.15, 0.2) is 140 Å². The molecule has 0 aliphatic carbocycles. The maximum absolute atomic E-state index is 14.6. The number of nitrogens with zero attached hydrogens (tertiary/aromatic N) is 2. The van der Waals surface area contributed by atoms with E-state index in [2.05, 4.69) is 86.6 Å². The zero-order valence-electron chi connectivity index (χ0n) is 25.5. The van der Waals surface area contributed by atoms with Crippen LogP contribution in [0.3, 0.4) is 0 Å². The number of hydrogen-bond acceptors (Lipinski definition) is 2. The highest BCUT2D eigenvalue weighted by molar-refractivity contribution is 5.72. The Labute approximate surface area is 265 Å². The Bertz CT molecular complexity index is 1940. The first-order valence-electron chi connectivity index (χ1n) is 15.0. The average Bonchev–Trinajstić information content (AvgIpc) is 3.10. The Morgan fingerprint density at radius 2 is 0.867 bits per heavy atom. The van der Waals surface area contributed by atoms with E-state index in [0.717, 1.165) is 40.7 Å². The summed E-state index contributed by atoms with van der Waals surface area (Å²) in [6.07, 6.45) is 2.15. The molecule has 6 aromatic rings. The fourth-order valence-corrected chi connectivity index (χ4v) is 5.14. The molecule has 0 spiro atoms. The second-order valence-corrected chi connectivity index (χ2v) is 11.0. The maximum atomic E-state index is 14.6. The normalized spacial score (nSPS) is 10.2. The smallest absolute Gasteiger partial charge is 0.131 e. The summed E-state index contributed by atoms with van der Waals surface area (Å²) in [5.41, 5.74) is 11.8. The standard InChI is InChI=1S/C22H18FN.C20H15N/c1-2-3-16-4-10-19(11-5-16)21-13-12-20(14-22(21)23)18-8-6-17(15-24)7-9-18;1-15-2-6-17(7-3-15)19-10-12-20(13-11-19)18-8-4-16(14-21)5-9-18/h4-14H,2-3H2,1H3;2-13H,1H3. The zero-order chi connectivity index (χ0) is 31.6. The minimum atomic E-state index is -0.236. The molecule has 218 valence electrons. The summed E-state index contributed by atoms with van der Waals surface area (Å²) < 4.78 is 14.6.